The SMILES string of the molecule is CC(C)c1noc(NC2CCN(Cc3ccc(F)cc3)C2=O)n1. The molecule has 0 saturated carbocycles. The largest absolute Gasteiger partial charge is 0.336 e. The fraction of sp³-hybridized carbons (Fsp3) is 0.438. The highest BCUT2D eigenvalue weighted by Crippen LogP contribution is 2.20. The van der Waals surface area contributed by atoms with E-state index in [0.29, 0.717) is 25.3 Å². The molecule has 1 atom stereocenters. The maximum Gasteiger partial charge on any atom is 0.322 e. The number of halogens is 1. The lowest BCUT2D eigenvalue weighted by Crippen LogP contribution is -2.33. The Hall–Kier alpha value is -2.44. The molecular formula is C16H19FN4O2. The van der Waals surface area contributed by atoms with E-state index < -0.39 is 0 Å². The lowest BCUT2D eigenvalue weighted by Gasteiger charge is -2.16. The first-order valence-corrected chi connectivity index (χ1v) is 7.66. The highest BCUT2D eigenvalue weighted by atomic mass is 19.1. The van der Waals surface area contributed by atoms with Gasteiger partial charge in [0.15, 0.2) is 5.82 Å². The summed E-state index contributed by atoms with van der Waals surface area (Å²) >= 11 is 0. The Bertz CT molecular complexity index is 684. The first-order chi connectivity index (χ1) is 11.0. The van der Waals surface area contributed by atoms with Crippen LogP contribution in [0.15, 0.2) is 28.8 Å². The molecule has 1 aromatic heterocycles. The number of amides is 1. The number of aromatic nitrogens is 2. The van der Waals surface area contributed by atoms with Crippen molar-refractivity contribution < 1.29 is 13.7 Å². The van der Waals surface area contributed by atoms with Gasteiger partial charge in [0.05, 0.1) is 0 Å². The molecule has 1 saturated heterocycles. The third kappa shape index (κ3) is 3.49. The number of rotatable bonds is 5. The number of nitrogens with zero attached hydrogens (tertiary/aromatic N) is 3. The molecule has 0 spiro atoms. The highest BCUT2D eigenvalue weighted by Gasteiger charge is 2.32. The standard InChI is InChI=1S/C16H19FN4O2/c1-10(2)14-19-16(23-20-14)18-13-7-8-21(15(13)22)9-11-3-5-12(17)6-4-11/h3-6,10,13H,7-9H2,1-2H3,(H,18,19,20). The Morgan fingerprint density at radius 2 is 2.13 bits per heavy atom. The van der Waals surface area contributed by atoms with Gasteiger partial charge in [-0.2, -0.15) is 4.98 Å². The molecule has 0 bridgehead atoms. The number of carbonyl (C=O) groups is 1. The van der Waals surface area contributed by atoms with Crippen LogP contribution in [0.2, 0.25) is 0 Å². The number of nitrogens with one attached hydrogen (secondary N) is 1. The van der Waals surface area contributed by atoms with Crippen molar-refractivity contribution in [1.82, 2.24) is 15.0 Å². The van der Waals surface area contributed by atoms with Crippen molar-refractivity contribution in [3.05, 3.63) is 41.5 Å². The molecule has 1 unspecified atom stereocenters. The van der Waals surface area contributed by atoms with Crippen LogP contribution in [0.1, 0.15) is 37.6 Å². The molecule has 7 heteroatoms. The molecule has 0 radical (unpaired) electrons. The first kappa shape index (κ1) is 15.5. The third-order valence-corrected chi connectivity index (χ3v) is 3.84. The molecule has 1 aliphatic heterocycles. The minimum absolute atomic E-state index is 0.0152. The van der Waals surface area contributed by atoms with E-state index in [-0.39, 0.29) is 29.7 Å². The summed E-state index contributed by atoms with van der Waals surface area (Å²) in [6.07, 6.45) is 0.666. The molecule has 23 heavy (non-hydrogen) atoms. The molecule has 6 nitrogen and oxygen atoms in total. The van der Waals surface area contributed by atoms with E-state index in [2.05, 4.69) is 15.5 Å². The third-order valence-electron chi connectivity index (χ3n) is 3.84. The summed E-state index contributed by atoms with van der Waals surface area (Å²) in [5.41, 5.74) is 0.903. The summed E-state index contributed by atoms with van der Waals surface area (Å²) in [5, 5.41) is 6.87. The molecular weight excluding hydrogens is 299 g/mol. The summed E-state index contributed by atoms with van der Waals surface area (Å²) in [4.78, 5) is 18.4. The van der Waals surface area contributed by atoms with E-state index in [0.717, 1.165) is 5.56 Å². The van der Waals surface area contributed by atoms with Crippen LogP contribution >= 0.6 is 0 Å². The Morgan fingerprint density at radius 3 is 2.78 bits per heavy atom. The van der Waals surface area contributed by atoms with Gasteiger partial charge in [0.25, 0.3) is 0 Å². The highest BCUT2D eigenvalue weighted by molar-refractivity contribution is 5.86. The first-order valence-electron chi connectivity index (χ1n) is 7.66. The van der Waals surface area contributed by atoms with Crippen LogP contribution in [-0.2, 0) is 11.3 Å². The van der Waals surface area contributed by atoms with E-state index in [1.807, 2.05) is 13.8 Å². The zero-order valence-corrected chi connectivity index (χ0v) is 13.1. The van der Waals surface area contributed by atoms with E-state index in [4.69, 9.17) is 4.52 Å². The van der Waals surface area contributed by atoms with Crippen LogP contribution in [0, 0.1) is 5.82 Å². The number of hydrogen-bond acceptors (Lipinski definition) is 5. The van der Waals surface area contributed by atoms with Gasteiger partial charge in [-0.05, 0) is 24.1 Å². The smallest absolute Gasteiger partial charge is 0.322 e. The number of hydrogen-bond donors (Lipinski definition) is 1. The molecule has 1 amide bonds. The van der Waals surface area contributed by atoms with Crippen molar-refractivity contribution in [2.45, 2.75) is 38.8 Å². The minimum atomic E-state index is -0.365. The molecule has 1 aromatic carbocycles. The van der Waals surface area contributed by atoms with Gasteiger partial charge in [0.1, 0.15) is 11.9 Å². The normalized spacial score (nSPS) is 18.0. The van der Waals surface area contributed by atoms with Crippen LogP contribution in [-0.4, -0.2) is 33.5 Å². The van der Waals surface area contributed by atoms with Crippen LogP contribution in [0.25, 0.3) is 0 Å². The Labute approximate surface area is 133 Å². The topological polar surface area (TPSA) is 71.3 Å². The van der Waals surface area contributed by atoms with Crippen LogP contribution < -0.4 is 5.32 Å². The van der Waals surface area contributed by atoms with Crippen molar-refractivity contribution >= 4 is 11.9 Å². The quantitative estimate of drug-likeness (QED) is 0.917. The summed E-state index contributed by atoms with van der Waals surface area (Å²) in [5.74, 6) is 0.488. The number of anilines is 1. The number of benzene rings is 1. The zero-order chi connectivity index (χ0) is 16.4. The van der Waals surface area contributed by atoms with Crippen molar-refractivity contribution in [3.63, 3.8) is 0 Å². The van der Waals surface area contributed by atoms with Gasteiger partial charge in [-0.3, -0.25) is 4.79 Å². The van der Waals surface area contributed by atoms with Gasteiger partial charge in [0, 0.05) is 19.0 Å². The Morgan fingerprint density at radius 1 is 1.39 bits per heavy atom. The van der Waals surface area contributed by atoms with Gasteiger partial charge in [0.2, 0.25) is 5.91 Å². The van der Waals surface area contributed by atoms with Crippen molar-refractivity contribution in [3.8, 4) is 0 Å². The predicted octanol–water partition coefficient (Wildman–Crippen LogP) is 2.55. The molecule has 1 aliphatic rings. The fourth-order valence-corrected chi connectivity index (χ4v) is 2.52. The molecule has 2 heterocycles. The van der Waals surface area contributed by atoms with Crippen molar-refractivity contribution in [2.75, 3.05) is 11.9 Å². The van der Waals surface area contributed by atoms with Gasteiger partial charge < -0.3 is 14.7 Å². The van der Waals surface area contributed by atoms with E-state index in [1.54, 1.807) is 17.0 Å². The van der Waals surface area contributed by atoms with Crippen LogP contribution in [0.5, 0.6) is 0 Å². The van der Waals surface area contributed by atoms with Crippen molar-refractivity contribution in [1.29, 1.82) is 0 Å². The second-order valence-electron chi connectivity index (χ2n) is 5.98. The molecule has 2 aromatic rings. The molecule has 1 fully saturated rings. The van der Waals surface area contributed by atoms with E-state index in [9.17, 15) is 9.18 Å². The summed E-state index contributed by atoms with van der Waals surface area (Å²) in [7, 11) is 0. The van der Waals surface area contributed by atoms with Gasteiger partial charge >= 0.3 is 6.01 Å². The lowest BCUT2D eigenvalue weighted by atomic mass is 10.2. The molecule has 122 valence electrons. The monoisotopic (exact) mass is 318 g/mol. The molecule has 1 N–H and O–H groups in total. The van der Waals surface area contributed by atoms with E-state index >= 15 is 0 Å². The molecule has 3 rings (SSSR count). The second kappa shape index (κ2) is 6.36. The van der Waals surface area contributed by atoms with Crippen LogP contribution in [0.4, 0.5) is 10.4 Å². The number of likely N-dealkylation sites (tertiary alicyclic amines) is 1. The Kier molecular flexibility index (Phi) is 4.27. The Balaban J connectivity index is 1.60. The summed E-state index contributed by atoms with van der Waals surface area (Å²) in [6.45, 7) is 5.05. The maximum atomic E-state index is 12.9. The lowest BCUT2D eigenvalue weighted by molar-refractivity contribution is -0.128. The number of carbonyl (C=O) groups excluding carboxylic acids is 1. The van der Waals surface area contributed by atoms with E-state index in [1.165, 1.54) is 12.1 Å². The average molecular weight is 318 g/mol. The summed E-state index contributed by atoms with van der Waals surface area (Å²) < 4.78 is 18.0. The van der Waals surface area contributed by atoms with Crippen LogP contribution in [0.3, 0.4) is 0 Å². The van der Waals surface area contributed by atoms with Crippen molar-refractivity contribution in [2.24, 2.45) is 0 Å². The van der Waals surface area contributed by atoms with Gasteiger partial charge in [-0.15, -0.1) is 0 Å². The summed E-state index contributed by atoms with van der Waals surface area (Å²) in [6, 6.07) is 6.09. The average Bonchev–Trinajstić information content (AvgIpc) is 3.12. The van der Waals surface area contributed by atoms with Gasteiger partial charge in [-0.25, -0.2) is 4.39 Å². The maximum absolute atomic E-state index is 12.9. The second-order valence-corrected chi connectivity index (χ2v) is 5.98. The molecule has 0 aliphatic carbocycles. The van der Waals surface area contributed by atoms with Gasteiger partial charge in [-0.1, -0.05) is 31.1 Å². The predicted molar refractivity (Wildman–Crippen MR) is 82.2 cm³/mol. The fourth-order valence-electron chi connectivity index (χ4n) is 2.52. The zero-order valence-electron chi connectivity index (χ0n) is 13.1. The minimum Gasteiger partial charge on any atom is -0.336 e.